The molecule has 0 bridgehead atoms. The molecule has 22 amide bonds. The molecule has 58 nitrogen and oxygen atoms in total. The maximum atomic E-state index is 14.6. The van der Waals surface area contributed by atoms with Crippen LogP contribution in [-0.4, -0.2) is 334 Å². The number of carbonyl (C=O) groups is 24. The van der Waals surface area contributed by atoms with Gasteiger partial charge in [0.25, 0.3) is 0 Å². The fourth-order valence-corrected chi connectivity index (χ4v) is 13.6. The summed E-state index contributed by atoms with van der Waals surface area (Å²) in [5, 5.41) is 102. The number of imidazole rings is 2. The molecule has 4 aromatic rings. The van der Waals surface area contributed by atoms with Crippen LogP contribution in [0.15, 0.2) is 79.6 Å². The summed E-state index contributed by atoms with van der Waals surface area (Å²) in [7, 11) is 0. The number of phenolic OH excluding ortho intramolecular Hbond substituents is 1. The number of hydrogen-bond donors (Lipinski definition) is 32. The standard InChI is InChI=1S/C88H130N28O30/c1-41(2)70(87(144)109-54(20-24-65(92)122)78(135)102-45(6)74(131)114-63(38-119)86(143)108-53(19-23-64(91)121)77(134)101-42(3)71(128)100-43(4)72(129)105-52(14-10-11-27-89)79(136)113-61(88(145)146)29-46-12-8-7-9-13-46)116-81(138)55(21-25-66(93)123)106-73(130)44(5)103-85(142)62(37-118)115-82(139)57(28-47-15-17-50(120)18-16-47)110-83(140)59(31-49-34-96-40-99-49)104-68(125)35-97-76(133)58(30-48-33-95-39-98-48)111-84(141)60(32-67(94)124)112-80(137)56(22-26-69(126)127)107-75(132)51(90)36-117/h7-9,12-13,15-18,33-34,39-45,51-63,70,117-120H,10-11,14,19-32,35-38,89-90H2,1-6H3,(H2,91,121)(H2,92,122)(H2,93,123)(H2,94,124)(H,95,98)(H,96,99)(H,97,133)(H,100,128)(H,101,134)(H,102,135)(H,103,142)(H,104,125)(H,105,129)(H,106,130)(H,107,132)(H,108,143)(H,109,144)(H,110,140)(H,111,141)(H,112,137)(H,113,136)(H,114,131)(H,115,139)(H,116,138)(H,126,127)(H,145,146)/t42-,43-,44-,45-,51-,52-,53-,54-,55-,56-,57-,58-,59-,60-,61-,62-,63-,70-/m0/s1. The number of rotatable bonds is 67. The van der Waals surface area contributed by atoms with E-state index in [-0.39, 0.29) is 42.1 Å². The number of aliphatic carboxylic acids is 2. The fourth-order valence-electron chi connectivity index (χ4n) is 13.6. The van der Waals surface area contributed by atoms with Gasteiger partial charge in [0.15, 0.2) is 0 Å². The van der Waals surface area contributed by atoms with Crippen LogP contribution in [0.5, 0.6) is 5.75 Å². The first-order valence-corrected chi connectivity index (χ1v) is 45.9. The number of benzene rings is 2. The molecule has 0 radical (unpaired) electrons. The van der Waals surface area contributed by atoms with Crippen LogP contribution in [0.4, 0.5) is 0 Å². The summed E-state index contributed by atoms with van der Waals surface area (Å²) in [6.07, 6.45) is -1.49. The van der Waals surface area contributed by atoms with Crippen molar-refractivity contribution in [2.24, 2.45) is 40.3 Å². The minimum absolute atomic E-state index is 0.0113. The average molecular weight is 2060 g/mol. The maximum Gasteiger partial charge on any atom is 0.326 e. The van der Waals surface area contributed by atoms with Gasteiger partial charge in [-0.2, -0.15) is 0 Å². The van der Waals surface area contributed by atoms with Gasteiger partial charge in [0.05, 0.1) is 45.4 Å². The third-order valence-electron chi connectivity index (χ3n) is 21.8. The number of carboxylic acid groups (broad SMARTS) is 2. The lowest BCUT2D eigenvalue weighted by molar-refractivity contribution is -0.142. The quantitative estimate of drug-likeness (QED) is 0.0183. The van der Waals surface area contributed by atoms with Crippen LogP contribution in [0.25, 0.3) is 0 Å². The van der Waals surface area contributed by atoms with E-state index in [4.69, 9.17) is 34.4 Å². The molecule has 38 N–H and O–H groups in total. The molecule has 0 aliphatic carbocycles. The summed E-state index contributed by atoms with van der Waals surface area (Å²) < 4.78 is 0. The van der Waals surface area contributed by atoms with Crippen molar-refractivity contribution < 1.29 is 146 Å². The van der Waals surface area contributed by atoms with Crippen LogP contribution >= 0.6 is 0 Å². The Hall–Kier alpha value is -16.3. The number of H-pyrrole nitrogens is 2. The monoisotopic (exact) mass is 2060 g/mol. The molecule has 146 heavy (non-hydrogen) atoms. The molecule has 4 rings (SSSR count). The lowest BCUT2D eigenvalue weighted by atomic mass is 10.0. The molecule has 2 aromatic heterocycles. The van der Waals surface area contributed by atoms with Crippen molar-refractivity contribution in [3.63, 3.8) is 0 Å². The van der Waals surface area contributed by atoms with Crippen LogP contribution in [0.1, 0.15) is 141 Å². The smallest absolute Gasteiger partial charge is 0.326 e. The summed E-state index contributed by atoms with van der Waals surface area (Å²) in [5.41, 5.74) is 34.1. The highest BCUT2D eigenvalue weighted by Crippen LogP contribution is 2.16. The van der Waals surface area contributed by atoms with E-state index >= 15 is 0 Å². The fraction of sp³-hybridized carbons (Fsp3) is 0.523. The summed E-state index contributed by atoms with van der Waals surface area (Å²) in [6, 6.07) is -16.9. The number of aromatic nitrogens is 4. The summed E-state index contributed by atoms with van der Waals surface area (Å²) in [6.45, 7) is 3.30. The number of nitrogens with zero attached hydrogens (tertiary/aromatic N) is 2. The van der Waals surface area contributed by atoms with E-state index in [0.717, 1.165) is 13.8 Å². The van der Waals surface area contributed by atoms with E-state index in [9.17, 15) is 146 Å². The lowest BCUT2D eigenvalue weighted by Crippen LogP contribution is -2.61. The Morgan fingerprint density at radius 1 is 0.336 bits per heavy atom. The van der Waals surface area contributed by atoms with Crippen molar-refractivity contribution >= 4 is 142 Å². The van der Waals surface area contributed by atoms with E-state index in [2.05, 4.69) is 116 Å². The Morgan fingerprint density at radius 3 is 1.09 bits per heavy atom. The number of nitrogens with one attached hydrogen (secondary N) is 20. The summed E-state index contributed by atoms with van der Waals surface area (Å²) in [4.78, 5) is 335. The van der Waals surface area contributed by atoms with Crippen molar-refractivity contribution in [3.05, 3.63) is 102 Å². The van der Waals surface area contributed by atoms with E-state index < -0.39 is 360 Å². The Morgan fingerprint density at radius 2 is 0.671 bits per heavy atom. The molecule has 2 aromatic carbocycles. The molecule has 2 heterocycles. The summed E-state index contributed by atoms with van der Waals surface area (Å²) in [5.74, 6) is -28.6. The van der Waals surface area contributed by atoms with Gasteiger partial charge in [0, 0.05) is 75.1 Å². The Kier molecular flexibility index (Phi) is 52.0. The number of carboxylic acids is 2. The van der Waals surface area contributed by atoms with E-state index in [1.54, 1.807) is 30.3 Å². The molecule has 0 spiro atoms. The number of hydrogen-bond acceptors (Lipinski definition) is 32. The van der Waals surface area contributed by atoms with Gasteiger partial charge >= 0.3 is 11.9 Å². The molecule has 0 aliphatic heterocycles. The van der Waals surface area contributed by atoms with Crippen molar-refractivity contribution in [1.82, 2.24) is 116 Å². The predicted octanol–water partition coefficient (Wildman–Crippen LogP) is -13.7. The normalized spacial score (nSPS) is 14.7. The minimum Gasteiger partial charge on any atom is -0.508 e. The van der Waals surface area contributed by atoms with Gasteiger partial charge in [-0.3, -0.25) is 110 Å². The second-order valence-corrected chi connectivity index (χ2v) is 34.2. The molecule has 0 unspecified atom stereocenters. The third-order valence-corrected chi connectivity index (χ3v) is 21.8. The van der Waals surface area contributed by atoms with Gasteiger partial charge in [-0.15, -0.1) is 0 Å². The summed E-state index contributed by atoms with van der Waals surface area (Å²) >= 11 is 0. The van der Waals surface area contributed by atoms with Gasteiger partial charge in [0.2, 0.25) is 130 Å². The SMILES string of the molecule is CC(C)[C@H](NC(=O)[C@H](CCC(N)=O)NC(=O)[C@H](C)NC(=O)[C@H](CO)NC(=O)[C@H](Cc1ccc(O)cc1)NC(=O)[C@H](Cc1cnc[nH]1)NC(=O)CNC(=O)[C@H](Cc1cnc[nH]1)NC(=O)[C@H](CC(N)=O)NC(=O)[C@H](CCC(=O)O)NC(=O)[C@@H](N)CO)C(=O)N[C@@H](CCC(N)=O)C(=O)N[C@@H](C)C(=O)N[C@@H](CO)C(=O)N[C@@H](CCC(N)=O)C(=O)N[C@@H](C)C(=O)N[C@@H](C)C(=O)N[C@@H](CCCCN)C(=O)N[C@@H](Cc1ccccc1)C(=O)O. The number of primary amides is 4. The van der Waals surface area contributed by atoms with Gasteiger partial charge < -0.3 is 171 Å². The molecule has 0 saturated carbocycles. The second-order valence-electron chi connectivity index (χ2n) is 34.2. The van der Waals surface area contributed by atoms with Crippen LogP contribution in [0.2, 0.25) is 0 Å². The number of unbranched alkanes of at least 4 members (excludes halogenated alkanes) is 1. The minimum atomic E-state index is -1.99. The zero-order valence-electron chi connectivity index (χ0n) is 80.7. The van der Waals surface area contributed by atoms with Crippen molar-refractivity contribution in [2.45, 2.75) is 253 Å². The van der Waals surface area contributed by atoms with Crippen molar-refractivity contribution in [2.75, 3.05) is 32.9 Å². The van der Waals surface area contributed by atoms with Gasteiger partial charge in [-0.1, -0.05) is 56.3 Å². The highest BCUT2D eigenvalue weighted by molar-refractivity contribution is 6.03. The molecule has 58 heteroatoms. The second kappa shape index (κ2) is 62.2. The van der Waals surface area contributed by atoms with E-state index in [1.165, 1.54) is 77.0 Å². The lowest BCUT2D eigenvalue weighted by Gasteiger charge is -2.28. The third kappa shape index (κ3) is 44.1. The van der Waals surface area contributed by atoms with Crippen LogP contribution in [0.3, 0.4) is 0 Å². The maximum absolute atomic E-state index is 14.6. The van der Waals surface area contributed by atoms with Crippen LogP contribution in [0, 0.1) is 5.92 Å². The highest BCUT2D eigenvalue weighted by Gasteiger charge is 2.40. The number of phenols is 1. The number of amides is 22. The Bertz CT molecular complexity index is 5170. The molecule has 802 valence electrons. The number of aromatic amines is 2. The first-order chi connectivity index (χ1) is 68.9. The van der Waals surface area contributed by atoms with Crippen LogP contribution in [-0.2, 0) is 141 Å². The largest absolute Gasteiger partial charge is 0.508 e. The zero-order chi connectivity index (χ0) is 109. The molecular weight excluding hydrogens is 1930 g/mol. The molecule has 18 atom stereocenters. The molecule has 0 aliphatic rings. The number of aliphatic hydroxyl groups is 3. The van der Waals surface area contributed by atoms with Crippen molar-refractivity contribution in [3.8, 4) is 5.75 Å². The molecule has 0 fully saturated rings. The number of aromatic hydroxyl groups is 1. The van der Waals surface area contributed by atoms with Gasteiger partial charge in [-0.05, 0) is 108 Å². The number of nitrogens with two attached hydrogens (primary N) is 6. The topological polar surface area (TPSA) is 961 Å². The first kappa shape index (κ1) is 122. The highest BCUT2D eigenvalue weighted by atomic mass is 16.4. The average Bonchev–Trinajstić information content (AvgIpc) is 1.30. The molecule has 0 saturated heterocycles. The first-order valence-electron chi connectivity index (χ1n) is 45.9. The zero-order valence-corrected chi connectivity index (χ0v) is 80.7. The van der Waals surface area contributed by atoms with Crippen LogP contribution < -0.4 is 130 Å². The van der Waals surface area contributed by atoms with E-state index in [1.807, 2.05) is 0 Å². The Labute approximate surface area is 834 Å². The predicted molar refractivity (Wildman–Crippen MR) is 506 cm³/mol. The van der Waals surface area contributed by atoms with Gasteiger partial charge in [-0.25, -0.2) is 14.8 Å². The van der Waals surface area contributed by atoms with Gasteiger partial charge in [0.1, 0.15) is 115 Å². The van der Waals surface area contributed by atoms with E-state index in [0.29, 0.717) is 18.4 Å². The Balaban J connectivity index is 1.47. The molecular formula is C88H130N28O30. The number of aliphatic hydroxyl groups excluding tert-OH is 3. The number of carbonyl (C=O) groups excluding carboxylic acids is 22. The van der Waals surface area contributed by atoms with Crippen molar-refractivity contribution in [1.29, 1.82) is 0 Å².